The third kappa shape index (κ3) is 5.69. The average Bonchev–Trinajstić information content (AvgIpc) is 3.05. The third-order valence-electron chi connectivity index (χ3n) is 2.78. The van der Waals surface area contributed by atoms with E-state index in [4.69, 9.17) is 10.2 Å². The lowest BCUT2D eigenvalue weighted by atomic mass is 10.3. The summed E-state index contributed by atoms with van der Waals surface area (Å²) in [6.07, 6.45) is 3.22. The highest BCUT2D eigenvalue weighted by molar-refractivity contribution is 6.03. The molecule has 2 heterocycles. The zero-order chi connectivity index (χ0) is 14.5. The minimum absolute atomic E-state index is 0. The zero-order valence-electron chi connectivity index (χ0n) is 12.5. The Bertz CT molecular complexity index is 583. The van der Waals surface area contributed by atoms with Gasteiger partial charge in [-0.2, -0.15) is 5.10 Å². The summed E-state index contributed by atoms with van der Waals surface area (Å²) in [5, 5.41) is 7.00. The van der Waals surface area contributed by atoms with Gasteiger partial charge in [0.25, 0.3) is 5.91 Å². The molecule has 0 saturated heterocycles. The standard InChI is InChI=1S/C13H19N5O2.2ClH/c1-17(2)5-6-18-4-3-12(16-18)15-13(19)10-7-11(8-14)20-9-10;;/h3-4,7,9H,5-6,8,14H2,1-2H3,(H,15,16,19);2*1H. The van der Waals surface area contributed by atoms with Crippen LogP contribution in [0, 0.1) is 0 Å². The number of aromatic nitrogens is 2. The molecule has 0 atom stereocenters. The summed E-state index contributed by atoms with van der Waals surface area (Å²) in [6, 6.07) is 3.38. The van der Waals surface area contributed by atoms with Gasteiger partial charge >= 0.3 is 0 Å². The largest absolute Gasteiger partial charge is 0.467 e. The molecule has 0 bridgehead atoms. The Kier molecular flexibility index (Phi) is 8.81. The molecule has 7 nitrogen and oxygen atoms in total. The predicted octanol–water partition coefficient (Wildman–Crippen LogP) is 1.59. The van der Waals surface area contributed by atoms with Gasteiger partial charge in [-0.05, 0) is 20.2 Å². The Morgan fingerprint density at radius 2 is 2.18 bits per heavy atom. The molecule has 22 heavy (non-hydrogen) atoms. The molecule has 0 aliphatic rings. The highest BCUT2D eigenvalue weighted by atomic mass is 35.5. The Morgan fingerprint density at radius 1 is 1.45 bits per heavy atom. The molecule has 3 N–H and O–H groups in total. The summed E-state index contributed by atoms with van der Waals surface area (Å²) in [6.45, 7) is 1.93. The molecule has 9 heteroatoms. The van der Waals surface area contributed by atoms with E-state index >= 15 is 0 Å². The fraction of sp³-hybridized carbons (Fsp3) is 0.385. The summed E-state index contributed by atoms with van der Waals surface area (Å²) >= 11 is 0. The number of anilines is 1. The summed E-state index contributed by atoms with van der Waals surface area (Å²) < 4.78 is 6.91. The molecule has 0 fully saturated rings. The van der Waals surface area contributed by atoms with Gasteiger partial charge in [-0.1, -0.05) is 0 Å². The lowest BCUT2D eigenvalue weighted by molar-refractivity contribution is 0.102. The van der Waals surface area contributed by atoms with Gasteiger partial charge in [0.15, 0.2) is 5.82 Å². The van der Waals surface area contributed by atoms with Gasteiger partial charge < -0.3 is 20.4 Å². The van der Waals surface area contributed by atoms with Crippen molar-refractivity contribution in [3.8, 4) is 0 Å². The first-order chi connectivity index (χ1) is 9.58. The molecule has 2 aromatic heterocycles. The Morgan fingerprint density at radius 3 is 2.77 bits per heavy atom. The molecular formula is C13H21Cl2N5O2. The molecule has 0 radical (unpaired) electrons. The number of furan rings is 1. The highest BCUT2D eigenvalue weighted by Crippen LogP contribution is 2.10. The fourth-order valence-corrected chi connectivity index (χ4v) is 1.65. The molecule has 0 aliphatic heterocycles. The number of carbonyl (C=O) groups excluding carboxylic acids is 1. The molecule has 0 spiro atoms. The van der Waals surface area contributed by atoms with Crippen molar-refractivity contribution in [1.29, 1.82) is 0 Å². The van der Waals surface area contributed by atoms with Crippen LogP contribution in [0.4, 0.5) is 5.82 Å². The SMILES string of the molecule is CN(C)CCn1ccc(NC(=O)c2coc(CN)c2)n1.Cl.Cl. The van der Waals surface area contributed by atoms with E-state index in [1.165, 1.54) is 6.26 Å². The quantitative estimate of drug-likeness (QED) is 0.826. The summed E-state index contributed by atoms with van der Waals surface area (Å²) in [5.41, 5.74) is 5.87. The zero-order valence-corrected chi connectivity index (χ0v) is 14.1. The van der Waals surface area contributed by atoms with Crippen LogP contribution in [0.3, 0.4) is 0 Å². The molecule has 0 aliphatic carbocycles. The van der Waals surface area contributed by atoms with Crippen molar-refractivity contribution in [3.63, 3.8) is 0 Å². The Labute approximate surface area is 141 Å². The minimum Gasteiger partial charge on any atom is -0.467 e. The van der Waals surface area contributed by atoms with Crippen LogP contribution in [0.2, 0.25) is 0 Å². The Balaban J connectivity index is 0.00000220. The van der Waals surface area contributed by atoms with Gasteiger partial charge in [-0.15, -0.1) is 24.8 Å². The van der Waals surface area contributed by atoms with Gasteiger partial charge in [-0.3, -0.25) is 9.48 Å². The van der Waals surface area contributed by atoms with Crippen molar-refractivity contribution in [2.24, 2.45) is 5.73 Å². The number of amides is 1. The van der Waals surface area contributed by atoms with Gasteiger partial charge in [0.2, 0.25) is 0 Å². The summed E-state index contributed by atoms with van der Waals surface area (Å²) in [5.74, 6) is 0.835. The monoisotopic (exact) mass is 349 g/mol. The van der Waals surface area contributed by atoms with Crippen molar-refractivity contribution in [1.82, 2.24) is 14.7 Å². The maximum Gasteiger partial charge on any atom is 0.260 e. The molecule has 0 aromatic carbocycles. The van der Waals surface area contributed by atoms with Crippen LogP contribution in [-0.4, -0.2) is 41.2 Å². The third-order valence-corrected chi connectivity index (χ3v) is 2.78. The second kappa shape index (κ2) is 9.47. The number of likely N-dealkylation sites (N-methyl/N-ethyl adjacent to an activating group) is 1. The lowest BCUT2D eigenvalue weighted by Gasteiger charge is -2.08. The highest BCUT2D eigenvalue weighted by Gasteiger charge is 2.11. The van der Waals surface area contributed by atoms with Crippen molar-refractivity contribution in [2.75, 3.05) is 26.0 Å². The van der Waals surface area contributed by atoms with Gasteiger partial charge in [0.05, 0.1) is 18.7 Å². The van der Waals surface area contributed by atoms with Crippen LogP contribution in [0.25, 0.3) is 0 Å². The van der Waals surface area contributed by atoms with Crippen LogP contribution in [-0.2, 0) is 13.1 Å². The lowest BCUT2D eigenvalue weighted by Crippen LogP contribution is -2.19. The van der Waals surface area contributed by atoms with E-state index in [1.54, 1.807) is 16.8 Å². The topological polar surface area (TPSA) is 89.3 Å². The van der Waals surface area contributed by atoms with E-state index in [2.05, 4.69) is 15.3 Å². The minimum atomic E-state index is -0.258. The fourth-order valence-electron chi connectivity index (χ4n) is 1.65. The predicted molar refractivity (Wildman–Crippen MR) is 89.8 cm³/mol. The number of halogens is 2. The molecule has 124 valence electrons. The maximum atomic E-state index is 11.9. The van der Waals surface area contributed by atoms with E-state index in [9.17, 15) is 4.79 Å². The number of nitrogens with one attached hydrogen (secondary N) is 1. The number of rotatable bonds is 6. The first-order valence-corrected chi connectivity index (χ1v) is 6.35. The van der Waals surface area contributed by atoms with E-state index in [0.717, 1.165) is 13.1 Å². The van der Waals surface area contributed by atoms with Gasteiger partial charge in [0, 0.05) is 18.8 Å². The molecule has 0 unspecified atom stereocenters. The average molecular weight is 350 g/mol. The molecule has 2 aromatic rings. The van der Waals surface area contributed by atoms with Crippen LogP contribution in [0.1, 0.15) is 16.1 Å². The van der Waals surface area contributed by atoms with Gasteiger partial charge in [-0.25, -0.2) is 0 Å². The number of hydrogen-bond donors (Lipinski definition) is 2. The second-order valence-corrected chi connectivity index (χ2v) is 4.73. The number of nitrogens with two attached hydrogens (primary N) is 1. The van der Waals surface area contributed by atoms with Crippen molar-refractivity contribution >= 4 is 36.5 Å². The van der Waals surface area contributed by atoms with Crippen LogP contribution >= 0.6 is 24.8 Å². The van der Waals surface area contributed by atoms with E-state index in [0.29, 0.717) is 17.1 Å². The van der Waals surface area contributed by atoms with E-state index in [-0.39, 0.29) is 37.3 Å². The molecule has 1 amide bonds. The molecule has 2 rings (SSSR count). The van der Waals surface area contributed by atoms with Gasteiger partial charge in [0.1, 0.15) is 12.0 Å². The molecule has 0 saturated carbocycles. The first-order valence-electron chi connectivity index (χ1n) is 6.35. The normalized spacial score (nSPS) is 10.0. The summed E-state index contributed by atoms with van der Waals surface area (Å²) in [4.78, 5) is 14.0. The van der Waals surface area contributed by atoms with Crippen LogP contribution in [0.15, 0.2) is 29.0 Å². The second-order valence-electron chi connectivity index (χ2n) is 4.73. The molecular weight excluding hydrogens is 329 g/mol. The number of nitrogens with zero attached hydrogens (tertiary/aromatic N) is 3. The van der Waals surface area contributed by atoms with Crippen molar-refractivity contribution in [3.05, 3.63) is 35.9 Å². The van der Waals surface area contributed by atoms with Crippen molar-refractivity contribution in [2.45, 2.75) is 13.1 Å². The summed E-state index contributed by atoms with van der Waals surface area (Å²) in [7, 11) is 4.00. The van der Waals surface area contributed by atoms with Crippen molar-refractivity contribution < 1.29 is 9.21 Å². The first kappa shape index (κ1) is 20.5. The van der Waals surface area contributed by atoms with Crippen LogP contribution < -0.4 is 11.1 Å². The number of hydrogen-bond acceptors (Lipinski definition) is 5. The smallest absolute Gasteiger partial charge is 0.260 e. The van der Waals surface area contributed by atoms with E-state index in [1.807, 2.05) is 20.3 Å². The number of carbonyl (C=O) groups is 1. The Hall–Kier alpha value is -1.54. The maximum absolute atomic E-state index is 11.9. The van der Waals surface area contributed by atoms with Crippen LogP contribution in [0.5, 0.6) is 0 Å². The van der Waals surface area contributed by atoms with E-state index < -0.39 is 0 Å².